The fourth-order valence-corrected chi connectivity index (χ4v) is 2.96. The van der Waals surface area contributed by atoms with Gasteiger partial charge in [0, 0.05) is 25.2 Å². The van der Waals surface area contributed by atoms with Crippen molar-refractivity contribution in [2.45, 2.75) is 45.6 Å². The first-order chi connectivity index (χ1) is 11.7. The third-order valence-corrected chi connectivity index (χ3v) is 4.27. The molecule has 2 aromatic heterocycles. The van der Waals surface area contributed by atoms with Gasteiger partial charge in [0.25, 0.3) is 5.91 Å². The first-order valence-corrected chi connectivity index (χ1v) is 8.76. The third-order valence-electron chi connectivity index (χ3n) is 4.27. The van der Waals surface area contributed by atoms with Gasteiger partial charge in [-0.25, -0.2) is 0 Å². The SMILES string of the molecule is CCCc1cc(C(=O)Nc2cnn(CCN3CCCCC3)c2)no1. The van der Waals surface area contributed by atoms with Crippen LogP contribution >= 0.6 is 0 Å². The molecule has 1 aliphatic heterocycles. The Balaban J connectivity index is 1.50. The first-order valence-electron chi connectivity index (χ1n) is 8.76. The van der Waals surface area contributed by atoms with Gasteiger partial charge < -0.3 is 14.7 Å². The fourth-order valence-electron chi connectivity index (χ4n) is 2.96. The summed E-state index contributed by atoms with van der Waals surface area (Å²) < 4.78 is 7.01. The monoisotopic (exact) mass is 331 g/mol. The van der Waals surface area contributed by atoms with Crippen molar-refractivity contribution in [3.63, 3.8) is 0 Å². The number of amides is 1. The number of carbonyl (C=O) groups excluding carboxylic acids is 1. The minimum absolute atomic E-state index is 0.267. The molecule has 2 aromatic rings. The van der Waals surface area contributed by atoms with Gasteiger partial charge in [-0.15, -0.1) is 0 Å². The van der Waals surface area contributed by atoms with Gasteiger partial charge in [-0.3, -0.25) is 9.48 Å². The second kappa shape index (κ2) is 8.10. The van der Waals surface area contributed by atoms with Gasteiger partial charge in [0.15, 0.2) is 5.69 Å². The van der Waals surface area contributed by atoms with E-state index in [1.165, 1.54) is 32.4 Å². The second-order valence-electron chi connectivity index (χ2n) is 6.28. The number of nitrogens with one attached hydrogen (secondary N) is 1. The van der Waals surface area contributed by atoms with E-state index in [0.717, 1.165) is 31.7 Å². The topological polar surface area (TPSA) is 76.2 Å². The van der Waals surface area contributed by atoms with Gasteiger partial charge in [-0.1, -0.05) is 18.5 Å². The molecule has 1 N–H and O–H groups in total. The summed E-state index contributed by atoms with van der Waals surface area (Å²) in [5.41, 5.74) is 0.984. The van der Waals surface area contributed by atoms with Crippen molar-refractivity contribution in [3.05, 3.63) is 29.9 Å². The predicted molar refractivity (Wildman–Crippen MR) is 91.0 cm³/mol. The van der Waals surface area contributed by atoms with Crippen LogP contribution in [-0.2, 0) is 13.0 Å². The Bertz CT molecular complexity index is 657. The highest BCUT2D eigenvalue weighted by atomic mass is 16.5. The Labute approximate surface area is 142 Å². The van der Waals surface area contributed by atoms with E-state index in [-0.39, 0.29) is 5.91 Å². The van der Waals surface area contributed by atoms with Gasteiger partial charge in [0.05, 0.1) is 18.4 Å². The van der Waals surface area contributed by atoms with Crippen molar-refractivity contribution in [3.8, 4) is 0 Å². The molecule has 7 nitrogen and oxygen atoms in total. The highest BCUT2D eigenvalue weighted by molar-refractivity contribution is 6.02. The van der Waals surface area contributed by atoms with E-state index in [1.807, 2.05) is 10.9 Å². The molecule has 1 saturated heterocycles. The van der Waals surface area contributed by atoms with Crippen molar-refractivity contribution in [1.29, 1.82) is 0 Å². The molecule has 0 aliphatic carbocycles. The number of rotatable bonds is 7. The summed E-state index contributed by atoms with van der Waals surface area (Å²) in [5, 5.41) is 10.9. The van der Waals surface area contributed by atoms with E-state index >= 15 is 0 Å². The number of aromatic nitrogens is 3. The highest BCUT2D eigenvalue weighted by Crippen LogP contribution is 2.12. The number of nitrogens with zero attached hydrogens (tertiary/aromatic N) is 4. The zero-order chi connectivity index (χ0) is 16.8. The summed E-state index contributed by atoms with van der Waals surface area (Å²) in [7, 11) is 0. The molecule has 0 radical (unpaired) electrons. The van der Waals surface area contributed by atoms with Gasteiger partial charge >= 0.3 is 0 Å². The number of carbonyl (C=O) groups is 1. The summed E-state index contributed by atoms with van der Waals surface area (Å²) in [4.78, 5) is 14.6. The summed E-state index contributed by atoms with van der Waals surface area (Å²) >= 11 is 0. The lowest BCUT2D eigenvalue weighted by Gasteiger charge is -2.26. The minimum atomic E-state index is -0.267. The molecule has 0 atom stereocenters. The molecule has 1 fully saturated rings. The number of likely N-dealkylation sites (tertiary alicyclic amines) is 1. The highest BCUT2D eigenvalue weighted by Gasteiger charge is 2.14. The lowest BCUT2D eigenvalue weighted by atomic mass is 10.1. The van der Waals surface area contributed by atoms with Crippen LogP contribution in [0.15, 0.2) is 23.0 Å². The van der Waals surface area contributed by atoms with E-state index in [2.05, 4.69) is 27.4 Å². The van der Waals surface area contributed by atoms with Crippen LogP contribution in [0.25, 0.3) is 0 Å². The molecule has 1 aliphatic rings. The number of anilines is 1. The fraction of sp³-hybridized carbons (Fsp3) is 0.588. The molecular weight excluding hydrogens is 306 g/mol. The maximum atomic E-state index is 12.2. The van der Waals surface area contributed by atoms with E-state index < -0.39 is 0 Å². The summed E-state index contributed by atoms with van der Waals surface area (Å²) in [6, 6.07) is 1.69. The van der Waals surface area contributed by atoms with Crippen LogP contribution in [0.3, 0.4) is 0 Å². The number of aryl methyl sites for hydroxylation is 1. The third kappa shape index (κ3) is 4.44. The largest absolute Gasteiger partial charge is 0.361 e. The van der Waals surface area contributed by atoms with E-state index in [9.17, 15) is 4.79 Å². The van der Waals surface area contributed by atoms with Gasteiger partial charge in [0.1, 0.15) is 5.76 Å². The van der Waals surface area contributed by atoms with Gasteiger partial charge in [-0.05, 0) is 32.4 Å². The maximum absolute atomic E-state index is 12.2. The molecule has 0 bridgehead atoms. The van der Waals surface area contributed by atoms with Crippen LogP contribution in [0.5, 0.6) is 0 Å². The Kier molecular flexibility index (Phi) is 5.63. The van der Waals surface area contributed by atoms with Crippen molar-refractivity contribution in [2.75, 3.05) is 25.0 Å². The lowest BCUT2D eigenvalue weighted by Crippen LogP contribution is -2.32. The van der Waals surface area contributed by atoms with Crippen LogP contribution in [0.4, 0.5) is 5.69 Å². The summed E-state index contributed by atoms with van der Waals surface area (Å²) in [5.74, 6) is 0.469. The smallest absolute Gasteiger partial charge is 0.277 e. The molecule has 3 heterocycles. The zero-order valence-electron chi connectivity index (χ0n) is 14.2. The maximum Gasteiger partial charge on any atom is 0.277 e. The number of hydrogen-bond donors (Lipinski definition) is 1. The molecule has 0 aromatic carbocycles. The molecule has 0 saturated carbocycles. The summed E-state index contributed by atoms with van der Waals surface area (Å²) in [6.45, 7) is 6.24. The predicted octanol–water partition coefficient (Wildman–Crippen LogP) is 2.56. The van der Waals surface area contributed by atoms with E-state index in [4.69, 9.17) is 4.52 Å². The molecule has 0 spiro atoms. The molecule has 130 valence electrons. The quantitative estimate of drug-likeness (QED) is 0.844. The average Bonchev–Trinajstić information content (AvgIpc) is 3.24. The second-order valence-corrected chi connectivity index (χ2v) is 6.28. The first kappa shape index (κ1) is 16.7. The van der Waals surface area contributed by atoms with E-state index in [0.29, 0.717) is 11.4 Å². The van der Waals surface area contributed by atoms with Crippen LogP contribution in [-0.4, -0.2) is 45.4 Å². The molecule has 3 rings (SSSR count). The van der Waals surface area contributed by atoms with Gasteiger partial charge in [-0.2, -0.15) is 5.10 Å². The molecular formula is C17H25N5O2. The standard InChI is InChI=1S/C17H25N5O2/c1-2-6-15-11-16(20-24-15)17(23)19-14-12-18-22(13-14)10-9-21-7-4-3-5-8-21/h11-13H,2-10H2,1H3,(H,19,23). The molecule has 1 amide bonds. The molecule has 7 heteroatoms. The lowest BCUT2D eigenvalue weighted by molar-refractivity contribution is 0.101. The minimum Gasteiger partial charge on any atom is -0.361 e. The van der Waals surface area contributed by atoms with Crippen LogP contribution in [0.2, 0.25) is 0 Å². The van der Waals surface area contributed by atoms with Crippen LogP contribution < -0.4 is 5.32 Å². The number of piperidine rings is 1. The Morgan fingerprint density at radius 3 is 2.92 bits per heavy atom. The van der Waals surface area contributed by atoms with Crippen molar-refractivity contribution < 1.29 is 9.32 Å². The van der Waals surface area contributed by atoms with Crippen molar-refractivity contribution in [1.82, 2.24) is 19.8 Å². The number of hydrogen-bond acceptors (Lipinski definition) is 5. The van der Waals surface area contributed by atoms with Crippen molar-refractivity contribution >= 4 is 11.6 Å². The normalized spacial score (nSPS) is 15.5. The van der Waals surface area contributed by atoms with Crippen LogP contribution in [0, 0.1) is 0 Å². The average molecular weight is 331 g/mol. The Morgan fingerprint density at radius 1 is 1.29 bits per heavy atom. The van der Waals surface area contributed by atoms with Crippen LogP contribution in [0.1, 0.15) is 48.9 Å². The van der Waals surface area contributed by atoms with Gasteiger partial charge in [0.2, 0.25) is 0 Å². The van der Waals surface area contributed by atoms with E-state index in [1.54, 1.807) is 12.3 Å². The van der Waals surface area contributed by atoms with Crippen molar-refractivity contribution in [2.24, 2.45) is 0 Å². The zero-order valence-corrected chi connectivity index (χ0v) is 14.2. The Hall–Kier alpha value is -2.15. The Morgan fingerprint density at radius 2 is 2.12 bits per heavy atom. The molecule has 0 unspecified atom stereocenters. The summed E-state index contributed by atoms with van der Waals surface area (Å²) in [6.07, 6.45) is 9.19. The molecule has 24 heavy (non-hydrogen) atoms.